The van der Waals surface area contributed by atoms with Gasteiger partial charge in [-0.3, -0.25) is 4.79 Å². The summed E-state index contributed by atoms with van der Waals surface area (Å²) in [6.45, 7) is 6.38. The molecule has 0 saturated carbocycles. The van der Waals surface area contributed by atoms with Crippen LogP contribution in [0.2, 0.25) is 0 Å². The largest absolute Gasteiger partial charge is 1.00 e. The Morgan fingerprint density at radius 1 is 1.54 bits per heavy atom. The third-order valence-electron chi connectivity index (χ3n) is 0.472. The molecule has 5 nitrogen and oxygen atoms in total. The molecule has 0 heterocycles. The fourth-order valence-corrected chi connectivity index (χ4v) is 0.471. The van der Waals surface area contributed by atoms with E-state index in [-0.39, 0.29) is 25.0 Å². The predicted molar refractivity (Wildman–Crippen MR) is 44.4 cm³/mol. The summed E-state index contributed by atoms with van der Waals surface area (Å²) in [5.41, 5.74) is 4.53. The van der Waals surface area contributed by atoms with Gasteiger partial charge in [-0.25, -0.2) is 0 Å². The summed E-state index contributed by atoms with van der Waals surface area (Å²) in [5, 5.41) is 0. The van der Waals surface area contributed by atoms with Gasteiger partial charge < -0.3 is 18.3 Å². The van der Waals surface area contributed by atoms with Crippen molar-refractivity contribution in [3.63, 3.8) is 0 Å². The van der Waals surface area contributed by atoms with Crippen LogP contribution in [-0.4, -0.2) is 12.0 Å². The van der Waals surface area contributed by atoms with Gasteiger partial charge in [0.1, 0.15) is 0 Å². The average molecular weight is 201 g/mol. The molecule has 0 rings (SSSR count). The number of nitrogens with two attached hydrogens (primary N) is 1. The van der Waals surface area contributed by atoms with Crippen molar-refractivity contribution < 1.29 is 36.3 Å². The second-order valence-electron chi connectivity index (χ2n) is 1.96. The molecule has 0 radical (unpaired) electrons. The van der Waals surface area contributed by atoms with Gasteiger partial charge >= 0.3 is 18.9 Å². The Hall–Kier alpha value is -0.283. The maximum Gasteiger partial charge on any atom is 1.00 e. The van der Waals surface area contributed by atoms with Crippen molar-refractivity contribution in [2.24, 2.45) is 5.73 Å². The number of hydrogen-bond acceptors (Lipinski definition) is 5. The van der Waals surface area contributed by atoms with E-state index in [9.17, 15) is 13.2 Å². The van der Waals surface area contributed by atoms with Gasteiger partial charge in [-0.15, -0.1) is 0 Å². The fourth-order valence-electron chi connectivity index (χ4n) is 0.157. The van der Waals surface area contributed by atoms with Crippen molar-refractivity contribution in [2.45, 2.75) is 20.0 Å². The first-order chi connectivity index (χ1) is 5.40. The Kier molecular flexibility index (Phi) is 16.7. The van der Waals surface area contributed by atoms with E-state index in [0.29, 0.717) is 0 Å². The zero-order valence-corrected chi connectivity index (χ0v) is 8.80. The first-order valence-corrected chi connectivity index (χ1v) is 4.08. The van der Waals surface area contributed by atoms with Crippen LogP contribution >= 0.6 is 0 Å². The minimum atomic E-state index is -2.35. The van der Waals surface area contributed by atoms with Crippen LogP contribution in [0.4, 0.5) is 0 Å². The minimum absolute atomic E-state index is 0. The van der Waals surface area contributed by atoms with Gasteiger partial charge in [0.05, 0.1) is 11.0 Å². The molecule has 2 N–H and O–H groups in total. The summed E-state index contributed by atoms with van der Waals surface area (Å²) in [6, 6.07) is 0. The number of hydrogen-bond donors (Lipinski definition) is 1. The Morgan fingerprint density at radius 3 is 1.85 bits per heavy atom. The normalized spacial score (nSPS) is 8.31. The summed E-state index contributed by atoms with van der Waals surface area (Å²) in [5.74, 6) is -0.481. The van der Waals surface area contributed by atoms with E-state index in [1.807, 2.05) is 0 Å². The van der Waals surface area contributed by atoms with Crippen molar-refractivity contribution in [1.29, 1.82) is 0 Å². The number of primary amides is 1. The van der Waals surface area contributed by atoms with E-state index in [1.54, 1.807) is 13.8 Å². The maximum absolute atomic E-state index is 9.59. The van der Waals surface area contributed by atoms with E-state index in [1.165, 1.54) is 0 Å². The van der Waals surface area contributed by atoms with Crippen molar-refractivity contribution in [3.8, 4) is 0 Å². The molecule has 0 aromatic rings. The standard InChI is InChI=1S/C3H5NO.C3H7O3S.Li/c1-2-3(4)5;1-3(2)6-7(4)5;/h2H,1H2,(H2,4,5);3H,1-2H3;/q;-1;+1. The number of rotatable bonds is 3. The zero-order valence-electron chi connectivity index (χ0n) is 7.98. The predicted octanol–water partition coefficient (Wildman–Crippen LogP) is -2.70. The van der Waals surface area contributed by atoms with E-state index in [2.05, 4.69) is 16.5 Å². The second kappa shape index (κ2) is 11.7. The van der Waals surface area contributed by atoms with Crippen LogP contribution in [-0.2, 0) is 28.4 Å². The van der Waals surface area contributed by atoms with E-state index < -0.39 is 16.9 Å². The molecule has 0 aromatic heterocycles. The van der Waals surface area contributed by atoms with Crippen LogP contribution < -0.4 is 24.6 Å². The Labute approximate surface area is 91.7 Å². The molecular formula is C6H12LiNO4S. The number of amides is 1. The van der Waals surface area contributed by atoms with Gasteiger partial charge in [0.15, 0.2) is 0 Å². The summed E-state index contributed by atoms with van der Waals surface area (Å²) in [6.07, 6.45) is 0.818. The molecule has 0 fully saturated rings. The van der Waals surface area contributed by atoms with Gasteiger partial charge in [-0.05, 0) is 19.9 Å². The molecule has 1 amide bonds. The van der Waals surface area contributed by atoms with Crippen LogP contribution in [0.25, 0.3) is 0 Å². The van der Waals surface area contributed by atoms with Gasteiger partial charge in [-0.2, -0.15) is 0 Å². The zero-order chi connectivity index (χ0) is 10.1. The van der Waals surface area contributed by atoms with E-state index in [0.717, 1.165) is 6.08 Å². The van der Waals surface area contributed by atoms with Crippen LogP contribution in [0.5, 0.6) is 0 Å². The van der Waals surface area contributed by atoms with Gasteiger partial charge in [0, 0.05) is 6.10 Å². The summed E-state index contributed by atoms with van der Waals surface area (Å²) in [7, 11) is -2.35. The van der Waals surface area contributed by atoms with Crippen molar-refractivity contribution in [1.82, 2.24) is 0 Å². The average Bonchev–Trinajstić information content (AvgIpc) is 1.85. The van der Waals surface area contributed by atoms with Crippen LogP contribution in [0.3, 0.4) is 0 Å². The molecule has 72 valence electrons. The molecule has 0 aliphatic rings. The van der Waals surface area contributed by atoms with Crippen LogP contribution in [0.1, 0.15) is 13.8 Å². The third kappa shape index (κ3) is 33.8. The summed E-state index contributed by atoms with van der Waals surface area (Å²) in [4.78, 5) is 9.47. The minimum Gasteiger partial charge on any atom is -0.422 e. The molecular weight excluding hydrogens is 189 g/mol. The molecule has 0 aliphatic heterocycles. The molecule has 0 saturated heterocycles. The van der Waals surface area contributed by atoms with Gasteiger partial charge in [0.25, 0.3) is 0 Å². The SMILES string of the molecule is C=CC(N)=O.CC(C)O[S-](=O)=O.[Li+]. The Bertz CT molecular complexity index is 207. The van der Waals surface area contributed by atoms with Gasteiger partial charge in [0.2, 0.25) is 5.91 Å². The van der Waals surface area contributed by atoms with Gasteiger partial charge in [-0.1, -0.05) is 6.58 Å². The molecule has 0 aliphatic carbocycles. The summed E-state index contributed by atoms with van der Waals surface area (Å²) < 4.78 is 23.3. The molecule has 0 aromatic carbocycles. The molecule has 0 atom stereocenters. The number of carbonyl (C=O) groups excluding carboxylic acids is 1. The monoisotopic (exact) mass is 201 g/mol. The van der Waals surface area contributed by atoms with E-state index in [4.69, 9.17) is 0 Å². The Morgan fingerprint density at radius 2 is 1.85 bits per heavy atom. The first kappa shape index (κ1) is 18.5. The van der Waals surface area contributed by atoms with Crippen LogP contribution in [0, 0.1) is 0 Å². The topological polar surface area (TPSA) is 86.5 Å². The first-order valence-electron chi connectivity index (χ1n) is 3.08. The van der Waals surface area contributed by atoms with Crippen molar-refractivity contribution in [3.05, 3.63) is 12.7 Å². The van der Waals surface area contributed by atoms with Crippen molar-refractivity contribution in [2.75, 3.05) is 0 Å². The molecule has 7 heteroatoms. The quantitative estimate of drug-likeness (QED) is 0.306. The van der Waals surface area contributed by atoms with Crippen LogP contribution in [0.15, 0.2) is 12.7 Å². The Balaban J connectivity index is -0.000000150. The smallest absolute Gasteiger partial charge is 0.422 e. The third-order valence-corrected chi connectivity index (χ3v) is 1.01. The summed E-state index contributed by atoms with van der Waals surface area (Å²) >= 11 is 0. The molecule has 0 unspecified atom stereocenters. The molecule has 0 spiro atoms. The van der Waals surface area contributed by atoms with Crippen molar-refractivity contribution >= 4 is 16.9 Å². The maximum atomic E-state index is 9.59. The number of carbonyl (C=O) groups is 1. The van der Waals surface area contributed by atoms with E-state index >= 15 is 0 Å². The molecule has 13 heavy (non-hydrogen) atoms. The molecule has 0 bridgehead atoms. The second-order valence-corrected chi connectivity index (χ2v) is 2.56. The fraction of sp³-hybridized carbons (Fsp3) is 0.500.